The second-order valence-corrected chi connectivity index (χ2v) is 8.15. The zero-order chi connectivity index (χ0) is 22.5. The maximum Gasteiger partial charge on any atom is 0.341 e. The van der Waals surface area contributed by atoms with Gasteiger partial charge < -0.3 is 19.5 Å². The minimum absolute atomic E-state index is 0.219. The molecule has 6 nitrogen and oxygen atoms in total. The average Bonchev–Trinajstić information content (AvgIpc) is 3.09. The zero-order valence-electron chi connectivity index (χ0n) is 17.6. The van der Waals surface area contributed by atoms with Gasteiger partial charge in [-0.05, 0) is 49.7 Å². The van der Waals surface area contributed by atoms with E-state index in [1.54, 1.807) is 37.3 Å². The number of rotatable bonds is 7. The van der Waals surface area contributed by atoms with E-state index in [2.05, 4.69) is 5.32 Å². The quantitative estimate of drug-likeness (QED) is 0.450. The molecule has 31 heavy (non-hydrogen) atoms. The van der Waals surface area contributed by atoms with Crippen molar-refractivity contribution in [3.63, 3.8) is 0 Å². The fourth-order valence-electron chi connectivity index (χ4n) is 3.15. The van der Waals surface area contributed by atoms with Crippen molar-refractivity contribution >= 4 is 39.8 Å². The summed E-state index contributed by atoms with van der Waals surface area (Å²) in [7, 11) is 3.02. The second kappa shape index (κ2) is 9.85. The Balaban J connectivity index is 2.03. The first-order valence-corrected chi connectivity index (χ1v) is 10.7. The van der Waals surface area contributed by atoms with Crippen LogP contribution in [0.15, 0.2) is 42.5 Å². The van der Waals surface area contributed by atoms with Gasteiger partial charge in [-0.25, -0.2) is 4.79 Å². The highest BCUT2D eigenvalue weighted by molar-refractivity contribution is 7.17. The Bertz CT molecular complexity index is 1110. The molecule has 1 heterocycles. The van der Waals surface area contributed by atoms with E-state index in [4.69, 9.17) is 25.8 Å². The largest absolute Gasteiger partial charge is 0.493 e. The Morgan fingerprint density at radius 2 is 1.71 bits per heavy atom. The Morgan fingerprint density at radius 3 is 2.32 bits per heavy atom. The summed E-state index contributed by atoms with van der Waals surface area (Å²) in [5.41, 5.74) is 2.21. The number of thiophene rings is 1. The van der Waals surface area contributed by atoms with Crippen LogP contribution in [0.5, 0.6) is 11.5 Å². The van der Waals surface area contributed by atoms with Gasteiger partial charge in [-0.1, -0.05) is 23.7 Å². The van der Waals surface area contributed by atoms with Gasteiger partial charge in [0.05, 0.1) is 20.8 Å². The van der Waals surface area contributed by atoms with Crippen molar-refractivity contribution in [2.45, 2.75) is 13.8 Å². The van der Waals surface area contributed by atoms with Crippen molar-refractivity contribution in [2.24, 2.45) is 0 Å². The van der Waals surface area contributed by atoms with Gasteiger partial charge in [0.1, 0.15) is 10.6 Å². The van der Waals surface area contributed by atoms with Gasteiger partial charge in [-0.3, -0.25) is 4.79 Å². The molecule has 3 rings (SSSR count). The number of hydrogen-bond donors (Lipinski definition) is 1. The highest BCUT2D eigenvalue weighted by Crippen LogP contribution is 2.41. The number of nitrogens with one attached hydrogen (secondary N) is 1. The molecule has 1 amide bonds. The van der Waals surface area contributed by atoms with E-state index in [0.717, 1.165) is 10.4 Å². The Morgan fingerprint density at radius 1 is 1.03 bits per heavy atom. The maximum absolute atomic E-state index is 12.9. The number of methoxy groups -OCH3 is 2. The molecule has 0 unspecified atom stereocenters. The number of carbonyl (C=O) groups excluding carboxylic acids is 2. The molecular weight excluding hydrogens is 438 g/mol. The molecule has 8 heteroatoms. The van der Waals surface area contributed by atoms with Crippen LogP contribution >= 0.6 is 22.9 Å². The van der Waals surface area contributed by atoms with Gasteiger partial charge in [-0.2, -0.15) is 0 Å². The standard InChI is InChI=1S/C23H22ClNO5S/c1-5-30-23(27)20-19(14-6-9-16(24)10-7-14)13(2)31-22(20)25-21(26)15-8-11-17(28-3)18(12-15)29-4/h6-12H,5H2,1-4H3,(H,25,26). The SMILES string of the molecule is CCOC(=O)c1c(NC(=O)c2ccc(OC)c(OC)c2)sc(C)c1-c1ccc(Cl)cc1. The first-order valence-electron chi connectivity index (χ1n) is 9.49. The summed E-state index contributed by atoms with van der Waals surface area (Å²) in [6.07, 6.45) is 0. The van der Waals surface area contributed by atoms with Crippen LogP contribution in [0.25, 0.3) is 11.1 Å². The maximum atomic E-state index is 12.9. The lowest BCUT2D eigenvalue weighted by molar-refractivity contribution is 0.0529. The summed E-state index contributed by atoms with van der Waals surface area (Å²) in [6, 6.07) is 12.0. The summed E-state index contributed by atoms with van der Waals surface area (Å²) in [5.74, 6) is 0.0723. The fraction of sp³-hybridized carbons (Fsp3) is 0.217. The Kier molecular flexibility index (Phi) is 7.20. The number of carbonyl (C=O) groups is 2. The molecule has 3 aromatic rings. The van der Waals surface area contributed by atoms with Gasteiger partial charge >= 0.3 is 5.97 Å². The van der Waals surface area contributed by atoms with Gasteiger partial charge in [0.2, 0.25) is 0 Å². The molecule has 162 valence electrons. The minimum Gasteiger partial charge on any atom is -0.493 e. The van der Waals surface area contributed by atoms with E-state index in [1.807, 2.05) is 19.1 Å². The molecule has 0 saturated carbocycles. The molecule has 0 saturated heterocycles. The molecule has 0 aliphatic heterocycles. The molecule has 0 spiro atoms. The van der Waals surface area contributed by atoms with Crippen LogP contribution in [0.3, 0.4) is 0 Å². The van der Waals surface area contributed by atoms with Crippen LogP contribution in [-0.2, 0) is 4.74 Å². The Hall–Kier alpha value is -3.03. The Labute approximate surface area is 189 Å². The first-order chi connectivity index (χ1) is 14.9. The summed E-state index contributed by atoms with van der Waals surface area (Å²) in [6.45, 7) is 3.85. The number of aryl methyl sites for hydroxylation is 1. The molecule has 1 N–H and O–H groups in total. The van der Waals surface area contributed by atoms with E-state index in [-0.39, 0.29) is 12.5 Å². The molecule has 0 aliphatic carbocycles. The predicted molar refractivity (Wildman–Crippen MR) is 123 cm³/mol. The number of hydrogen-bond acceptors (Lipinski definition) is 6. The number of esters is 1. The van der Waals surface area contributed by atoms with Crippen molar-refractivity contribution in [1.29, 1.82) is 0 Å². The molecule has 1 aromatic heterocycles. The van der Waals surface area contributed by atoms with E-state index in [9.17, 15) is 9.59 Å². The molecule has 0 atom stereocenters. The third-order valence-electron chi connectivity index (χ3n) is 4.57. The van der Waals surface area contributed by atoms with Crippen LogP contribution in [0, 0.1) is 6.92 Å². The molecule has 0 fully saturated rings. The van der Waals surface area contributed by atoms with Crippen molar-refractivity contribution in [3.05, 3.63) is 63.5 Å². The van der Waals surface area contributed by atoms with Crippen molar-refractivity contribution < 1.29 is 23.8 Å². The van der Waals surface area contributed by atoms with Crippen molar-refractivity contribution in [2.75, 3.05) is 26.1 Å². The topological polar surface area (TPSA) is 73.9 Å². The minimum atomic E-state index is -0.501. The van der Waals surface area contributed by atoms with Gasteiger partial charge in [0.15, 0.2) is 11.5 Å². The highest BCUT2D eigenvalue weighted by Gasteiger charge is 2.26. The number of benzene rings is 2. The summed E-state index contributed by atoms with van der Waals surface area (Å²) < 4.78 is 15.8. The van der Waals surface area contributed by atoms with E-state index >= 15 is 0 Å². The summed E-state index contributed by atoms with van der Waals surface area (Å²) in [4.78, 5) is 26.6. The lowest BCUT2D eigenvalue weighted by Gasteiger charge is -2.11. The highest BCUT2D eigenvalue weighted by atomic mass is 35.5. The smallest absolute Gasteiger partial charge is 0.341 e. The third kappa shape index (κ3) is 4.84. The summed E-state index contributed by atoms with van der Waals surface area (Å²) in [5, 5.41) is 3.86. The molecular formula is C23H22ClNO5S. The van der Waals surface area contributed by atoms with Crippen LogP contribution < -0.4 is 14.8 Å². The number of amides is 1. The normalized spacial score (nSPS) is 10.5. The predicted octanol–water partition coefficient (Wildman–Crippen LogP) is 5.82. The first kappa shape index (κ1) is 22.7. The summed E-state index contributed by atoms with van der Waals surface area (Å²) >= 11 is 7.33. The molecule has 0 radical (unpaired) electrons. The zero-order valence-corrected chi connectivity index (χ0v) is 19.1. The van der Waals surface area contributed by atoms with Crippen LogP contribution in [0.1, 0.15) is 32.5 Å². The lowest BCUT2D eigenvalue weighted by atomic mass is 10.0. The van der Waals surface area contributed by atoms with E-state index in [1.165, 1.54) is 25.6 Å². The third-order valence-corrected chi connectivity index (χ3v) is 5.84. The number of anilines is 1. The van der Waals surface area contributed by atoms with Gasteiger partial charge in [-0.15, -0.1) is 11.3 Å². The van der Waals surface area contributed by atoms with Crippen molar-refractivity contribution in [1.82, 2.24) is 0 Å². The van der Waals surface area contributed by atoms with Crippen molar-refractivity contribution in [3.8, 4) is 22.6 Å². The molecule has 0 bridgehead atoms. The van der Waals surface area contributed by atoms with E-state index < -0.39 is 5.97 Å². The number of halogens is 1. The van der Waals surface area contributed by atoms with Gasteiger partial charge in [0, 0.05) is 21.0 Å². The molecule has 2 aromatic carbocycles. The van der Waals surface area contributed by atoms with Crippen LogP contribution in [-0.4, -0.2) is 32.7 Å². The van der Waals surface area contributed by atoms with Gasteiger partial charge in [0.25, 0.3) is 5.91 Å². The van der Waals surface area contributed by atoms with Crippen LogP contribution in [0.2, 0.25) is 5.02 Å². The molecule has 0 aliphatic rings. The van der Waals surface area contributed by atoms with Crippen LogP contribution in [0.4, 0.5) is 5.00 Å². The number of ether oxygens (including phenoxy) is 3. The monoisotopic (exact) mass is 459 g/mol. The van der Waals surface area contributed by atoms with E-state index in [0.29, 0.717) is 38.2 Å². The average molecular weight is 460 g/mol. The second-order valence-electron chi connectivity index (χ2n) is 6.49. The fourth-order valence-corrected chi connectivity index (χ4v) is 4.33. The lowest BCUT2D eigenvalue weighted by Crippen LogP contribution is -2.15.